The minimum absolute atomic E-state index is 0.221. The average Bonchev–Trinajstić information content (AvgIpc) is 2.28. The maximum absolute atomic E-state index is 12.9. The molecule has 0 amide bonds. The molecule has 0 fully saturated rings. The third-order valence-electron chi connectivity index (χ3n) is 1.98. The van der Waals surface area contributed by atoms with E-state index in [4.69, 9.17) is 0 Å². The van der Waals surface area contributed by atoms with Crippen molar-refractivity contribution in [3.63, 3.8) is 0 Å². The minimum Gasteiger partial charge on any atom is -0.338 e. The summed E-state index contributed by atoms with van der Waals surface area (Å²) in [5.74, 6) is 0.0950. The lowest BCUT2D eigenvalue weighted by Gasteiger charge is -2.08. The number of anilines is 2. The summed E-state index contributed by atoms with van der Waals surface area (Å²) in [7, 11) is 0. The van der Waals surface area contributed by atoms with Gasteiger partial charge in [0.25, 0.3) is 5.56 Å². The van der Waals surface area contributed by atoms with Crippen molar-refractivity contribution in [1.82, 2.24) is 9.97 Å². The van der Waals surface area contributed by atoms with Crippen LogP contribution in [-0.2, 0) is 0 Å². The highest BCUT2D eigenvalue weighted by atomic mass is 127. The quantitative estimate of drug-likeness (QED) is 0.749. The monoisotopic (exact) mass is 409 g/mol. The molecule has 2 rings (SSSR count). The van der Waals surface area contributed by atoms with E-state index in [9.17, 15) is 9.18 Å². The van der Waals surface area contributed by atoms with Crippen LogP contribution in [-0.4, -0.2) is 9.97 Å². The highest BCUT2D eigenvalue weighted by Crippen LogP contribution is 2.26. The Morgan fingerprint density at radius 2 is 2.24 bits per heavy atom. The molecule has 7 heteroatoms. The van der Waals surface area contributed by atoms with Crippen molar-refractivity contribution in [1.29, 1.82) is 0 Å². The molecular formula is C10H6BrFIN3O. The van der Waals surface area contributed by atoms with E-state index in [0.29, 0.717) is 19.5 Å². The molecule has 0 atom stereocenters. The zero-order valence-corrected chi connectivity index (χ0v) is 12.0. The van der Waals surface area contributed by atoms with Gasteiger partial charge in [-0.15, -0.1) is 0 Å². The van der Waals surface area contributed by atoms with Crippen LogP contribution in [0.3, 0.4) is 0 Å². The van der Waals surface area contributed by atoms with Gasteiger partial charge in [0.15, 0.2) is 5.82 Å². The number of hydrogen-bond acceptors (Lipinski definition) is 3. The Balaban J connectivity index is 2.38. The van der Waals surface area contributed by atoms with E-state index in [1.165, 1.54) is 18.5 Å². The Labute approximate surface area is 118 Å². The number of aromatic nitrogens is 2. The van der Waals surface area contributed by atoms with Crippen LogP contribution in [0.4, 0.5) is 15.9 Å². The van der Waals surface area contributed by atoms with Gasteiger partial charge < -0.3 is 10.3 Å². The fourth-order valence-corrected chi connectivity index (χ4v) is 2.07. The first kappa shape index (κ1) is 12.5. The molecule has 0 unspecified atom stereocenters. The summed E-state index contributed by atoms with van der Waals surface area (Å²) in [6, 6.07) is 4.23. The highest BCUT2D eigenvalue weighted by molar-refractivity contribution is 14.1. The van der Waals surface area contributed by atoms with Gasteiger partial charge in [-0.05, 0) is 56.7 Å². The SMILES string of the molecule is O=c1[nH]cnc(Nc2ccc(F)cc2Br)c1I. The van der Waals surface area contributed by atoms with Crippen molar-refractivity contribution in [3.8, 4) is 0 Å². The van der Waals surface area contributed by atoms with Crippen molar-refractivity contribution in [3.05, 3.63) is 48.7 Å². The normalized spacial score (nSPS) is 10.3. The number of rotatable bonds is 2. The van der Waals surface area contributed by atoms with Crippen molar-refractivity contribution >= 4 is 50.0 Å². The largest absolute Gasteiger partial charge is 0.338 e. The van der Waals surface area contributed by atoms with E-state index < -0.39 is 0 Å². The van der Waals surface area contributed by atoms with Crippen LogP contribution in [0, 0.1) is 9.39 Å². The first-order chi connectivity index (χ1) is 8.08. The van der Waals surface area contributed by atoms with E-state index in [0.717, 1.165) is 0 Å². The zero-order chi connectivity index (χ0) is 12.4. The van der Waals surface area contributed by atoms with Crippen LogP contribution >= 0.6 is 38.5 Å². The van der Waals surface area contributed by atoms with E-state index >= 15 is 0 Å². The molecule has 0 saturated carbocycles. The number of hydrogen-bond donors (Lipinski definition) is 2. The van der Waals surface area contributed by atoms with Gasteiger partial charge in [-0.3, -0.25) is 4.79 Å². The summed E-state index contributed by atoms with van der Waals surface area (Å²) in [5.41, 5.74) is 0.420. The summed E-state index contributed by atoms with van der Waals surface area (Å²) in [4.78, 5) is 17.8. The maximum atomic E-state index is 12.9. The van der Waals surface area contributed by atoms with Crippen LogP contribution < -0.4 is 10.9 Å². The molecule has 17 heavy (non-hydrogen) atoms. The van der Waals surface area contributed by atoms with E-state index in [1.807, 2.05) is 22.6 Å². The Bertz CT molecular complexity index is 617. The Hall–Kier alpha value is -0.960. The molecule has 2 aromatic rings. The lowest BCUT2D eigenvalue weighted by molar-refractivity contribution is 0.627. The third kappa shape index (κ3) is 2.83. The second-order valence-corrected chi connectivity index (χ2v) is 5.08. The fourth-order valence-electron chi connectivity index (χ4n) is 1.19. The molecule has 0 aliphatic carbocycles. The topological polar surface area (TPSA) is 57.8 Å². The van der Waals surface area contributed by atoms with Crippen LogP contribution in [0.15, 0.2) is 33.8 Å². The highest BCUT2D eigenvalue weighted by Gasteiger charge is 2.07. The lowest BCUT2D eigenvalue weighted by Crippen LogP contribution is -2.13. The molecule has 4 nitrogen and oxygen atoms in total. The van der Waals surface area contributed by atoms with Crippen LogP contribution in [0.5, 0.6) is 0 Å². The van der Waals surface area contributed by atoms with E-state index in [2.05, 4.69) is 31.2 Å². The summed E-state index contributed by atoms with van der Waals surface area (Å²) in [6.45, 7) is 0. The van der Waals surface area contributed by atoms with Gasteiger partial charge in [0.1, 0.15) is 9.39 Å². The summed E-state index contributed by atoms with van der Waals surface area (Å²) in [6.07, 6.45) is 1.31. The second kappa shape index (κ2) is 5.13. The van der Waals surface area contributed by atoms with Crippen molar-refractivity contribution in [2.45, 2.75) is 0 Å². The van der Waals surface area contributed by atoms with Crippen molar-refractivity contribution in [2.75, 3.05) is 5.32 Å². The molecular weight excluding hydrogens is 404 g/mol. The molecule has 0 spiro atoms. The van der Waals surface area contributed by atoms with Gasteiger partial charge in [0, 0.05) is 4.47 Å². The molecule has 2 N–H and O–H groups in total. The number of H-pyrrole nitrogens is 1. The van der Waals surface area contributed by atoms with Crippen LogP contribution in [0.2, 0.25) is 0 Å². The van der Waals surface area contributed by atoms with Gasteiger partial charge in [0.2, 0.25) is 0 Å². The number of aromatic amines is 1. The van der Waals surface area contributed by atoms with Crippen LogP contribution in [0.1, 0.15) is 0 Å². The van der Waals surface area contributed by atoms with Gasteiger partial charge in [-0.1, -0.05) is 0 Å². The predicted molar refractivity (Wildman–Crippen MR) is 75.0 cm³/mol. The first-order valence-corrected chi connectivity index (χ1v) is 6.40. The maximum Gasteiger partial charge on any atom is 0.266 e. The molecule has 0 saturated heterocycles. The van der Waals surface area contributed by atoms with E-state index in [-0.39, 0.29) is 11.4 Å². The smallest absolute Gasteiger partial charge is 0.266 e. The Morgan fingerprint density at radius 3 is 2.94 bits per heavy atom. The third-order valence-corrected chi connectivity index (χ3v) is 3.64. The molecule has 1 aromatic carbocycles. The van der Waals surface area contributed by atoms with Crippen LogP contribution in [0.25, 0.3) is 0 Å². The summed E-state index contributed by atoms with van der Waals surface area (Å²) >= 11 is 5.12. The number of benzene rings is 1. The zero-order valence-electron chi connectivity index (χ0n) is 8.30. The molecule has 0 aliphatic rings. The van der Waals surface area contributed by atoms with E-state index in [1.54, 1.807) is 6.07 Å². The molecule has 88 valence electrons. The second-order valence-electron chi connectivity index (χ2n) is 3.14. The molecule has 1 aromatic heterocycles. The molecule has 1 heterocycles. The van der Waals surface area contributed by atoms with Crippen molar-refractivity contribution < 1.29 is 4.39 Å². The minimum atomic E-state index is -0.337. The summed E-state index contributed by atoms with van der Waals surface area (Å²) in [5, 5.41) is 2.96. The Morgan fingerprint density at radius 1 is 1.47 bits per heavy atom. The molecule has 0 radical (unpaired) electrons. The van der Waals surface area contributed by atoms with Gasteiger partial charge >= 0.3 is 0 Å². The molecule has 0 aliphatic heterocycles. The lowest BCUT2D eigenvalue weighted by atomic mass is 10.3. The standard InChI is InChI=1S/C10H6BrFIN3O/c11-6-3-5(12)1-2-7(6)16-9-8(13)10(17)15-4-14-9/h1-4H,(H2,14,15,16,17). The predicted octanol–water partition coefficient (Wildman–Crippen LogP) is 3.02. The fraction of sp³-hybridized carbons (Fsp3) is 0. The first-order valence-electron chi connectivity index (χ1n) is 4.53. The van der Waals surface area contributed by atoms with Gasteiger partial charge in [-0.25, -0.2) is 9.37 Å². The summed E-state index contributed by atoms with van der Waals surface area (Å²) < 4.78 is 13.9. The molecule has 0 bridgehead atoms. The van der Waals surface area contributed by atoms with Crippen molar-refractivity contribution in [2.24, 2.45) is 0 Å². The van der Waals surface area contributed by atoms with Gasteiger partial charge in [-0.2, -0.15) is 0 Å². The Kier molecular flexibility index (Phi) is 3.77. The number of nitrogens with zero attached hydrogens (tertiary/aromatic N) is 1. The van der Waals surface area contributed by atoms with Gasteiger partial charge in [0.05, 0.1) is 12.0 Å². The number of halogens is 3. The average molecular weight is 410 g/mol. The number of nitrogens with one attached hydrogen (secondary N) is 2.